The molecule has 1 heterocycles. The molecule has 0 amide bonds. The topological polar surface area (TPSA) is 53.4 Å². The standard InChI is InChI=1S/C12H16N2O2S/c1-4-6-14(7-5-2)8-10-13-9(3)11(17-10)12(15)16/h4-5H,1-2,6-8H2,3H3,(H,15,16). The van der Waals surface area contributed by atoms with Crippen LogP contribution in [-0.2, 0) is 6.54 Å². The number of carboxylic acids is 1. The average Bonchev–Trinajstić information content (AvgIpc) is 2.60. The van der Waals surface area contributed by atoms with Gasteiger partial charge in [-0.3, -0.25) is 4.90 Å². The second-order valence-corrected chi connectivity index (χ2v) is 4.68. The van der Waals surface area contributed by atoms with Gasteiger partial charge in [0.25, 0.3) is 0 Å². The Morgan fingerprint density at radius 3 is 2.47 bits per heavy atom. The number of nitrogens with zero attached hydrogens (tertiary/aromatic N) is 2. The summed E-state index contributed by atoms with van der Waals surface area (Å²) in [5, 5.41) is 9.75. The Kier molecular flexibility index (Phi) is 5.06. The molecular formula is C12H16N2O2S. The summed E-state index contributed by atoms with van der Waals surface area (Å²) in [4.78, 5) is 17.6. The summed E-state index contributed by atoms with van der Waals surface area (Å²) in [7, 11) is 0. The first-order valence-corrected chi connectivity index (χ1v) is 6.03. The van der Waals surface area contributed by atoms with Crippen LogP contribution in [0.3, 0.4) is 0 Å². The molecule has 0 aliphatic carbocycles. The third-order valence-electron chi connectivity index (χ3n) is 2.17. The summed E-state index contributed by atoms with van der Waals surface area (Å²) in [5.74, 6) is -0.912. The maximum absolute atomic E-state index is 10.9. The summed E-state index contributed by atoms with van der Waals surface area (Å²) in [6.07, 6.45) is 3.62. The van der Waals surface area contributed by atoms with Gasteiger partial charge in [0.15, 0.2) is 0 Å². The van der Waals surface area contributed by atoms with Gasteiger partial charge in [-0.05, 0) is 6.92 Å². The van der Waals surface area contributed by atoms with Gasteiger partial charge in [0.1, 0.15) is 9.88 Å². The van der Waals surface area contributed by atoms with E-state index in [4.69, 9.17) is 5.11 Å². The van der Waals surface area contributed by atoms with E-state index < -0.39 is 5.97 Å². The maximum Gasteiger partial charge on any atom is 0.347 e. The van der Waals surface area contributed by atoms with Crippen LogP contribution in [0.1, 0.15) is 20.4 Å². The number of carbonyl (C=O) groups is 1. The molecule has 0 aliphatic heterocycles. The molecule has 92 valence electrons. The van der Waals surface area contributed by atoms with Gasteiger partial charge in [0.05, 0.1) is 12.2 Å². The number of aromatic nitrogens is 1. The van der Waals surface area contributed by atoms with Gasteiger partial charge >= 0.3 is 5.97 Å². The first-order chi connectivity index (χ1) is 8.08. The molecule has 4 nitrogen and oxygen atoms in total. The van der Waals surface area contributed by atoms with E-state index in [0.29, 0.717) is 17.1 Å². The van der Waals surface area contributed by atoms with Gasteiger partial charge in [-0.2, -0.15) is 0 Å². The zero-order chi connectivity index (χ0) is 12.8. The molecule has 17 heavy (non-hydrogen) atoms. The monoisotopic (exact) mass is 252 g/mol. The molecule has 1 rings (SSSR count). The van der Waals surface area contributed by atoms with Crippen molar-refractivity contribution < 1.29 is 9.90 Å². The Morgan fingerprint density at radius 2 is 2.06 bits per heavy atom. The fourth-order valence-corrected chi connectivity index (χ4v) is 2.42. The Hall–Kier alpha value is -1.46. The number of thiazole rings is 1. The highest BCUT2D eigenvalue weighted by molar-refractivity contribution is 7.13. The van der Waals surface area contributed by atoms with Crippen LogP contribution in [0.5, 0.6) is 0 Å². The van der Waals surface area contributed by atoms with Gasteiger partial charge in [0.2, 0.25) is 0 Å². The molecule has 1 aromatic heterocycles. The fourth-order valence-electron chi connectivity index (χ4n) is 1.48. The van der Waals surface area contributed by atoms with Crippen LogP contribution in [-0.4, -0.2) is 34.0 Å². The van der Waals surface area contributed by atoms with E-state index in [2.05, 4.69) is 23.0 Å². The van der Waals surface area contributed by atoms with E-state index in [9.17, 15) is 4.79 Å². The molecule has 0 fully saturated rings. The zero-order valence-electron chi connectivity index (χ0n) is 9.85. The zero-order valence-corrected chi connectivity index (χ0v) is 10.7. The average molecular weight is 252 g/mol. The first kappa shape index (κ1) is 13.6. The molecule has 0 spiro atoms. The second kappa shape index (κ2) is 6.32. The summed E-state index contributed by atoms with van der Waals surface area (Å²) >= 11 is 1.23. The molecule has 0 bridgehead atoms. The number of aromatic carboxylic acids is 1. The quantitative estimate of drug-likeness (QED) is 0.757. The number of hydrogen-bond acceptors (Lipinski definition) is 4. The van der Waals surface area contributed by atoms with Crippen LogP contribution in [0, 0.1) is 6.92 Å². The molecule has 5 heteroatoms. The molecule has 0 aliphatic rings. The number of aryl methyl sites for hydroxylation is 1. The van der Waals surface area contributed by atoms with Crippen LogP contribution in [0.4, 0.5) is 0 Å². The summed E-state index contributed by atoms with van der Waals surface area (Å²) in [6.45, 7) is 11.2. The van der Waals surface area contributed by atoms with Gasteiger partial charge in [-0.1, -0.05) is 12.2 Å². The smallest absolute Gasteiger partial charge is 0.347 e. The second-order valence-electron chi connectivity index (χ2n) is 3.60. The lowest BCUT2D eigenvalue weighted by Crippen LogP contribution is -2.23. The minimum atomic E-state index is -0.912. The van der Waals surface area contributed by atoms with Crippen LogP contribution >= 0.6 is 11.3 Å². The van der Waals surface area contributed by atoms with Crippen molar-refractivity contribution in [3.05, 3.63) is 40.9 Å². The lowest BCUT2D eigenvalue weighted by Gasteiger charge is -2.16. The van der Waals surface area contributed by atoms with E-state index in [1.807, 2.05) is 12.2 Å². The third kappa shape index (κ3) is 3.80. The maximum atomic E-state index is 10.9. The Morgan fingerprint density at radius 1 is 1.47 bits per heavy atom. The van der Waals surface area contributed by atoms with Crippen molar-refractivity contribution in [1.29, 1.82) is 0 Å². The van der Waals surface area contributed by atoms with Crippen molar-refractivity contribution >= 4 is 17.3 Å². The van der Waals surface area contributed by atoms with Crippen molar-refractivity contribution in [3.63, 3.8) is 0 Å². The van der Waals surface area contributed by atoms with E-state index >= 15 is 0 Å². The Bertz CT molecular complexity index is 416. The van der Waals surface area contributed by atoms with Crippen LogP contribution in [0.2, 0.25) is 0 Å². The highest BCUT2D eigenvalue weighted by Crippen LogP contribution is 2.19. The predicted octanol–water partition coefficient (Wildman–Crippen LogP) is 2.32. The SMILES string of the molecule is C=CCN(CC=C)Cc1nc(C)c(C(=O)O)s1. The van der Waals surface area contributed by atoms with Crippen LogP contribution in [0.15, 0.2) is 25.3 Å². The molecule has 1 aromatic rings. The lowest BCUT2D eigenvalue weighted by atomic mass is 10.4. The first-order valence-electron chi connectivity index (χ1n) is 5.22. The molecule has 0 atom stereocenters. The molecule has 0 unspecified atom stereocenters. The molecular weight excluding hydrogens is 236 g/mol. The number of hydrogen-bond donors (Lipinski definition) is 1. The number of rotatable bonds is 7. The summed E-state index contributed by atoms with van der Waals surface area (Å²) < 4.78 is 0. The predicted molar refractivity (Wildman–Crippen MR) is 69.5 cm³/mol. The lowest BCUT2D eigenvalue weighted by molar-refractivity contribution is 0.0701. The highest BCUT2D eigenvalue weighted by Gasteiger charge is 2.15. The van der Waals surface area contributed by atoms with Gasteiger partial charge in [-0.25, -0.2) is 9.78 Å². The highest BCUT2D eigenvalue weighted by atomic mass is 32.1. The van der Waals surface area contributed by atoms with Crippen LogP contribution < -0.4 is 0 Å². The molecule has 0 saturated heterocycles. The van der Waals surface area contributed by atoms with Crippen LogP contribution in [0.25, 0.3) is 0 Å². The Labute approximate surface area is 105 Å². The molecule has 1 N–H and O–H groups in total. The van der Waals surface area contributed by atoms with E-state index in [-0.39, 0.29) is 0 Å². The van der Waals surface area contributed by atoms with Gasteiger partial charge in [-0.15, -0.1) is 24.5 Å². The molecule has 0 aromatic carbocycles. The summed E-state index contributed by atoms with van der Waals surface area (Å²) in [6, 6.07) is 0. The van der Waals surface area contributed by atoms with Gasteiger partial charge < -0.3 is 5.11 Å². The van der Waals surface area contributed by atoms with Crippen molar-refractivity contribution in [2.24, 2.45) is 0 Å². The van der Waals surface area contributed by atoms with Crippen molar-refractivity contribution in [1.82, 2.24) is 9.88 Å². The minimum absolute atomic E-state index is 0.317. The normalized spacial score (nSPS) is 10.5. The van der Waals surface area contributed by atoms with Crippen molar-refractivity contribution in [2.45, 2.75) is 13.5 Å². The van der Waals surface area contributed by atoms with E-state index in [1.54, 1.807) is 6.92 Å². The largest absolute Gasteiger partial charge is 0.477 e. The van der Waals surface area contributed by atoms with E-state index in [1.165, 1.54) is 11.3 Å². The minimum Gasteiger partial charge on any atom is -0.477 e. The third-order valence-corrected chi connectivity index (χ3v) is 3.30. The van der Waals surface area contributed by atoms with Crippen molar-refractivity contribution in [2.75, 3.05) is 13.1 Å². The van der Waals surface area contributed by atoms with Gasteiger partial charge in [0, 0.05) is 13.1 Å². The van der Waals surface area contributed by atoms with E-state index in [0.717, 1.165) is 18.1 Å². The fraction of sp³-hybridized carbons (Fsp3) is 0.333. The molecule has 0 saturated carbocycles. The number of carboxylic acid groups (broad SMARTS) is 1. The Balaban J connectivity index is 2.78. The summed E-state index contributed by atoms with van der Waals surface area (Å²) in [5.41, 5.74) is 0.578. The molecule has 0 radical (unpaired) electrons. The van der Waals surface area contributed by atoms with Crippen molar-refractivity contribution in [3.8, 4) is 0 Å².